The van der Waals surface area contributed by atoms with Crippen LogP contribution in [0.3, 0.4) is 0 Å². The van der Waals surface area contributed by atoms with Crippen LogP contribution in [0, 0.1) is 20.8 Å². The second-order valence-corrected chi connectivity index (χ2v) is 7.84. The fourth-order valence-electron chi connectivity index (χ4n) is 3.42. The van der Waals surface area contributed by atoms with Crippen LogP contribution < -0.4 is 15.5 Å². The Kier molecular flexibility index (Phi) is 6.65. The van der Waals surface area contributed by atoms with Gasteiger partial charge in [0.25, 0.3) is 5.91 Å². The number of piperazine rings is 1. The minimum atomic E-state index is 0.0674. The number of para-hydroxylation sites is 1. The fourth-order valence-corrected chi connectivity index (χ4v) is 3.71. The molecule has 1 saturated heterocycles. The molecule has 5 nitrogen and oxygen atoms in total. The Morgan fingerprint density at radius 3 is 2.32 bits per heavy atom. The highest BCUT2D eigenvalue weighted by Gasteiger charge is 2.24. The van der Waals surface area contributed by atoms with Crippen LogP contribution in [-0.2, 0) is 4.79 Å². The molecule has 1 fully saturated rings. The summed E-state index contributed by atoms with van der Waals surface area (Å²) < 4.78 is 0. The van der Waals surface area contributed by atoms with E-state index in [1.165, 1.54) is 16.0 Å². The molecule has 28 heavy (non-hydrogen) atoms. The van der Waals surface area contributed by atoms with Crippen molar-refractivity contribution in [2.24, 2.45) is 0 Å². The van der Waals surface area contributed by atoms with Crippen molar-refractivity contribution in [3.05, 3.63) is 59.2 Å². The minimum absolute atomic E-state index is 0.0674. The topological polar surface area (TPSA) is 48.8 Å². The molecular weight excluding hydrogens is 368 g/mol. The molecule has 0 atom stereocenters. The summed E-state index contributed by atoms with van der Waals surface area (Å²) in [5.41, 5.74) is 5.45. The number of amides is 1. The predicted octanol–water partition coefficient (Wildman–Crippen LogP) is 2.15. The van der Waals surface area contributed by atoms with Crippen LogP contribution in [0.1, 0.15) is 16.7 Å². The summed E-state index contributed by atoms with van der Waals surface area (Å²) in [4.78, 5) is 15.9. The Balaban J connectivity index is 1.47. The van der Waals surface area contributed by atoms with Gasteiger partial charge in [-0.3, -0.25) is 4.79 Å². The number of aryl methyl sites for hydroxylation is 2. The molecular formula is C22H29N4OS+. The molecule has 3 N–H and O–H groups in total. The number of quaternary nitrogens is 1. The van der Waals surface area contributed by atoms with Crippen LogP contribution in [0.25, 0.3) is 0 Å². The number of thiocarbonyl (C=S) groups is 1. The lowest BCUT2D eigenvalue weighted by Crippen LogP contribution is -3.15. The number of hydrogen-bond acceptors (Lipinski definition) is 2. The molecule has 1 heterocycles. The molecule has 6 heteroatoms. The molecule has 0 saturated carbocycles. The molecule has 2 aromatic carbocycles. The zero-order chi connectivity index (χ0) is 20.1. The van der Waals surface area contributed by atoms with Gasteiger partial charge in [-0.15, -0.1) is 0 Å². The van der Waals surface area contributed by atoms with E-state index >= 15 is 0 Å². The molecule has 1 aliphatic heterocycles. The van der Waals surface area contributed by atoms with E-state index in [1.807, 2.05) is 37.3 Å². The summed E-state index contributed by atoms with van der Waals surface area (Å²) in [6.45, 7) is 10.2. The first-order chi connectivity index (χ1) is 13.4. The standard InChI is InChI=1S/C22H28N4OS/c1-16-8-6-10-20(18(16)3)23-21(27)15-25-11-13-26(14-12-25)22(28)24-19-9-5-4-7-17(19)2/h4-10H,11-15H2,1-3H3,(H,23,27)(H,24,28)/p+1. The highest BCUT2D eigenvalue weighted by molar-refractivity contribution is 7.80. The van der Waals surface area contributed by atoms with Crippen molar-refractivity contribution in [2.75, 3.05) is 43.4 Å². The third-order valence-electron chi connectivity index (χ3n) is 5.43. The number of carbonyl (C=O) groups is 1. The fraction of sp³-hybridized carbons (Fsp3) is 0.364. The Morgan fingerprint density at radius 1 is 0.964 bits per heavy atom. The lowest BCUT2D eigenvalue weighted by molar-refractivity contribution is -0.895. The number of benzene rings is 2. The normalized spacial score (nSPS) is 14.6. The van der Waals surface area contributed by atoms with Crippen LogP contribution in [-0.4, -0.2) is 48.6 Å². The van der Waals surface area contributed by atoms with Crippen LogP contribution in [0.15, 0.2) is 42.5 Å². The third kappa shape index (κ3) is 5.09. The first-order valence-corrected chi connectivity index (χ1v) is 10.2. The van der Waals surface area contributed by atoms with Crippen molar-refractivity contribution < 1.29 is 9.69 Å². The quantitative estimate of drug-likeness (QED) is 0.692. The maximum Gasteiger partial charge on any atom is 0.279 e. The maximum absolute atomic E-state index is 12.5. The van der Waals surface area contributed by atoms with Gasteiger partial charge in [0, 0.05) is 11.4 Å². The number of hydrogen-bond donors (Lipinski definition) is 3. The summed E-state index contributed by atoms with van der Waals surface area (Å²) >= 11 is 5.58. The summed E-state index contributed by atoms with van der Waals surface area (Å²) in [6, 6.07) is 14.1. The van der Waals surface area contributed by atoms with Crippen LogP contribution >= 0.6 is 12.2 Å². The monoisotopic (exact) mass is 397 g/mol. The third-order valence-corrected chi connectivity index (χ3v) is 5.79. The van der Waals surface area contributed by atoms with Crippen molar-refractivity contribution in [1.82, 2.24) is 4.90 Å². The van der Waals surface area contributed by atoms with E-state index < -0.39 is 0 Å². The van der Waals surface area contributed by atoms with Crippen molar-refractivity contribution in [3.63, 3.8) is 0 Å². The maximum atomic E-state index is 12.5. The van der Waals surface area contributed by atoms with E-state index in [9.17, 15) is 4.79 Å². The number of rotatable bonds is 4. The van der Waals surface area contributed by atoms with E-state index in [4.69, 9.17) is 12.2 Å². The van der Waals surface area contributed by atoms with Crippen molar-refractivity contribution in [3.8, 4) is 0 Å². The van der Waals surface area contributed by atoms with Gasteiger partial charge in [-0.05, 0) is 61.8 Å². The summed E-state index contributed by atoms with van der Waals surface area (Å²) in [7, 11) is 0. The Morgan fingerprint density at radius 2 is 1.61 bits per heavy atom. The molecule has 2 aromatic rings. The number of anilines is 2. The zero-order valence-corrected chi connectivity index (χ0v) is 17.7. The van der Waals surface area contributed by atoms with Crippen LogP contribution in [0.5, 0.6) is 0 Å². The van der Waals surface area contributed by atoms with E-state index in [0.29, 0.717) is 6.54 Å². The largest absolute Gasteiger partial charge is 0.338 e. The zero-order valence-electron chi connectivity index (χ0n) is 16.8. The average molecular weight is 398 g/mol. The molecule has 0 bridgehead atoms. The smallest absolute Gasteiger partial charge is 0.279 e. The van der Waals surface area contributed by atoms with E-state index in [0.717, 1.165) is 48.2 Å². The van der Waals surface area contributed by atoms with E-state index in [2.05, 4.69) is 41.5 Å². The van der Waals surface area contributed by atoms with Gasteiger partial charge in [0.15, 0.2) is 11.7 Å². The van der Waals surface area contributed by atoms with Crippen molar-refractivity contribution in [1.29, 1.82) is 0 Å². The number of carbonyl (C=O) groups excluding carboxylic acids is 1. The van der Waals surface area contributed by atoms with E-state index in [-0.39, 0.29) is 5.91 Å². The molecule has 0 radical (unpaired) electrons. The van der Waals surface area contributed by atoms with Crippen molar-refractivity contribution >= 4 is 34.6 Å². The van der Waals surface area contributed by atoms with Gasteiger partial charge < -0.3 is 20.4 Å². The molecule has 0 aromatic heterocycles. The molecule has 1 amide bonds. The lowest BCUT2D eigenvalue weighted by Gasteiger charge is -2.33. The first-order valence-electron chi connectivity index (χ1n) is 9.75. The highest BCUT2D eigenvalue weighted by Crippen LogP contribution is 2.17. The SMILES string of the molecule is Cc1ccccc1NC(=S)N1CC[NH+](CC(=O)Nc2cccc(C)c2C)CC1. The Labute approximate surface area is 172 Å². The number of nitrogens with one attached hydrogen (secondary N) is 3. The van der Waals surface area contributed by atoms with Gasteiger partial charge in [0.1, 0.15) is 0 Å². The Hall–Kier alpha value is -2.44. The van der Waals surface area contributed by atoms with Crippen LogP contribution in [0.4, 0.5) is 11.4 Å². The first kappa shape index (κ1) is 20.3. The predicted molar refractivity (Wildman–Crippen MR) is 119 cm³/mol. The highest BCUT2D eigenvalue weighted by atomic mass is 32.1. The molecule has 0 aliphatic carbocycles. The molecule has 3 rings (SSSR count). The van der Waals surface area contributed by atoms with E-state index in [1.54, 1.807) is 0 Å². The van der Waals surface area contributed by atoms with Gasteiger partial charge in [0.2, 0.25) is 0 Å². The summed E-state index contributed by atoms with van der Waals surface area (Å²) in [6.07, 6.45) is 0. The molecule has 0 unspecified atom stereocenters. The van der Waals surface area contributed by atoms with Gasteiger partial charge in [-0.2, -0.15) is 0 Å². The second-order valence-electron chi connectivity index (χ2n) is 7.45. The molecule has 0 spiro atoms. The van der Waals surface area contributed by atoms with Crippen molar-refractivity contribution in [2.45, 2.75) is 20.8 Å². The molecule has 148 valence electrons. The second kappa shape index (κ2) is 9.17. The van der Waals surface area contributed by atoms with Crippen LogP contribution in [0.2, 0.25) is 0 Å². The molecule has 1 aliphatic rings. The van der Waals surface area contributed by atoms with Gasteiger partial charge >= 0.3 is 0 Å². The summed E-state index contributed by atoms with van der Waals surface area (Å²) in [5, 5.41) is 7.17. The number of nitrogens with zero attached hydrogens (tertiary/aromatic N) is 1. The summed E-state index contributed by atoms with van der Waals surface area (Å²) in [5.74, 6) is 0.0674. The van der Waals surface area contributed by atoms with Gasteiger partial charge in [-0.1, -0.05) is 30.3 Å². The average Bonchev–Trinajstić information content (AvgIpc) is 2.68. The van der Waals surface area contributed by atoms with Gasteiger partial charge in [-0.25, -0.2) is 0 Å². The Bertz CT molecular complexity index is 859. The van der Waals surface area contributed by atoms with Gasteiger partial charge in [0.05, 0.1) is 26.2 Å². The lowest BCUT2D eigenvalue weighted by atomic mass is 10.1. The minimum Gasteiger partial charge on any atom is -0.338 e.